The third-order valence-electron chi connectivity index (χ3n) is 4.61. The zero-order chi connectivity index (χ0) is 19.6. The maximum atomic E-state index is 9.97. The Morgan fingerprint density at radius 2 is 1.70 bits per heavy atom. The van der Waals surface area contributed by atoms with Crippen LogP contribution in [0.25, 0.3) is 11.3 Å². The third-order valence-corrected chi connectivity index (χ3v) is 4.86. The summed E-state index contributed by atoms with van der Waals surface area (Å²) in [6, 6.07) is 11.6. The molecule has 1 aromatic heterocycles. The average Bonchev–Trinajstić information content (AvgIpc) is 3.02. The summed E-state index contributed by atoms with van der Waals surface area (Å²) in [5.74, 6) is 0.717. The van der Waals surface area contributed by atoms with Crippen molar-refractivity contribution in [3.63, 3.8) is 0 Å². The van der Waals surface area contributed by atoms with Crippen molar-refractivity contribution < 1.29 is 9.73 Å². The number of aryl methyl sites for hydroxylation is 4. The van der Waals surface area contributed by atoms with E-state index in [0.717, 1.165) is 40.0 Å². The number of hydrogen-bond donors (Lipinski definition) is 1. The van der Waals surface area contributed by atoms with Gasteiger partial charge < -0.3 is 9.73 Å². The Labute approximate surface area is 164 Å². The molecule has 0 amide bonds. The van der Waals surface area contributed by atoms with Crippen LogP contribution in [0.1, 0.15) is 46.9 Å². The molecule has 1 N–H and O–H groups in total. The number of benzene rings is 2. The van der Waals surface area contributed by atoms with Crippen LogP contribution in [0.2, 0.25) is 5.02 Å². The molecule has 0 atom stereocenters. The molecule has 0 unspecified atom stereocenters. The van der Waals surface area contributed by atoms with Gasteiger partial charge in [0.2, 0.25) is 0 Å². The highest BCUT2D eigenvalue weighted by Gasteiger charge is 2.25. The molecule has 4 nitrogen and oxygen atoms in total. The summed E-state index contributed by atoms with van der Waals surface area (Å²) in [7, 11) is 0. The largest absolute Gasteiger partial charge is 0.410 e. The summed E-state index contributed by atoms with van der Waals surface area (Å²) in [5.41, 5.74) is 6.90. The first-order valence-corrected chi connectivity index (χ1v) is 9.39. The van der Waals surface area contributed by atoms with Gasteiger partial charge in [0, 0.05) is 22.6 Å². The van der Waals surface area contributed by atoms with Gasteiger partial charge in [-0.1, -0.05) is 58.7 Å². The summed E-state index contributed by atoms with van der Waals surface area (Å²) in [6.07, 6.45) is 1.60. The van der Waals surface area contributed by atoms with Gasteiger partial charge in [0.1, 0.15) is 17.2 Å². The summed E-state index contributed by atoms with van der Waals surface area (Å²) in [6.45, 7) is 8.18. The zero-order valence-corrected chi connectivity index (χ0v) is 16.8. The smallest absolute Gasteiger partial charge is 0.146 e. The van der Waals surface area contributed by atoms with Gasteiger partial charge in [0.05, 0.1) is 5.56 Å². The first-order valence-electron chi connectivity index (χ1n) is 9.01. The van der Waals surface area contributed by atoms with E-state index in [2.05, 4.69) is 36.3 Å². The first kappa shape index (κ1) is 19.2. The lowest BCUT2D eigenvalue weighted by atomic mass is 9.90. The van der Waals surface area contributed by atoms with Crippen molar-refractivity contribution >= 4 is 17.3 Å². The van der Waals surface area contributed by atoms with E-state index in [9.17, 15) is 5.21 Å². The van der Waals surface area contributed by atoms with E-state index in [-0.39, 0.29) is 0 Å². The van der Waals surface area contributed by atoms with Gasteiger partial charge in [0.25, 0.3) is 0 Å². The fraction of sp³-hybridized carbons (Fsp3) is 0.273. The lowest BCUT2D eigenvalue weighted by molar-refractivity contribution is 0.319. The van der Waals surface area contributed by atoms with Crippen LogP contribution in [0.4, 0.5) is 0 Å². The number of halogens is 1. The highest BCUT2D eigenvalue weighted by molar-refractivity contribution is 6.30. The molecule has 3 aromatic rings. The quantitative estimate of drug-likeness (QED) is 0.329. The minimum atomic E-state index is 0.486. The summed E-state index contributed by atoms with van der Waals surface area (Å²) in [4.78, 5) is 0. The third kappa shape index (κ3) is 3.76. The van der Waals surface area contributed by atoms with Crippen molar-refractivity contribution in [3.8, 4) is 11.3 Å². The van der Waals surface area contributed by atoms with E-state index >= 15 is 0 Å². The molecule has 0 saturated carbocycles. The second kappa shape index (κ2) is 7.97. The predicted octanol–water partition coefficient (Wildman–Crippen LogP) is 6.10. The summed E-state index contributed by atoms with van der Waals surface area (Å²) in [5, 5.41) is 18.6. The maximum Gasteiger partial charge on any atom is 0.146 e. The molecular formula is C22H23ClN2O2. The van der Waals surface area contributed by atoms with Crippen LogP contribution in [0.3, 0.4) is 0 Å². The molecule has 5 heteroatoms. The van der Waals surface area contributed by atoms with Crippen molar-refractivity contribution in [3.05, 3.63) is 75.0 Å². The second-order valence-corrected chi connectivity index (χ2v) is 7.25. The molecule has 0 aliphatic rings. The molecule has 1 heterocycles. The van der Waals surface area contributed by atoms with E-state index < -0.39 is 0 Å². The molecule has 0 radical (unpaired) electrons. The van der Waals surface area contributed by atoms with Crippen LogP contribution in [0.15, 0.2) is 46.1 Å². The van der Waals surface area contributed by atoms with Crippen molar-refractivity contribution in [2.75, 3.05) is 0 Å². The topological polar surface area (TPSA) is 58.6 Å². The van der Waals surface area contributed by atoms with E-state index in [1.54, 1.807) is 0 Å². The van der Waals surface area contributed by atoms with E-state index in [1.807, 2.05) is 38.1 Å². The van der Waals surface area contributed by atoms with E-state index in [0.29, 0.717) is 22.8 Å². The molecule has 0 fully saturated rings. The predicted molar refractivity (Wildman–Crippen MR) is 109 cm³/mol. The van der Waals surface area contributed by atoms with Crippen LogP contribution in [0, 0.1) is 20.8 Å². The van der Waals surface area contributed by atoms with Crippen LogP contribution >= 0.6 is 11.6 Å². The highest BCUT2D eigenvalue weighted by Crippen LogP contribution is 2.32. The van der Waals surface area contributed by atoms with E-state index in [4.69, 9.17) is 16.1 Å². The van der Waals surface area contributed by atoms with Crippen LogP contribution in [-0.2, 0) is 6.42 Å². The zero-order valence-electron chi connectivity index (χ0n) is 16.0. The molecule has 0 aliphatic heterocycles. The summed E-state index contributed by atoms with van der Waals surface area (Å²) < 4.78 is 5.65. The SMILES string of the molecule is CCCc1onc(-c2ccc(Cl)cc2)c1/C(=N\O)c1c(C)cc(C)cc1C. The van der Waals surface area contributed by atoms with E-state index in [1.165, 1.54) is 5.56 Å². The Kier molecular flexibility index (Phi) is 5.66. The molecule has 3 rings (SSSR count). The molecule has 0 bridgehead atoms. The van der Waals surface area contributed by atoms with Gasteiger partial charge in [-0.05, 0) is 50.5 Å². The van der Waals surface area contributed by atoms with Gasteiger partial charge in [-0.15, -0.1) is 0 Å². The van der Waals surface area contributed by atoms with Gasteiger partial charge in [-0.25, -0.2) is 0 Å². The lowest BCUT2D eigenvalue weighted by Gasteiger charge is -2.14. The van der Waals surface area contributed by atoms with Gasteiger partial charge in [0.15, 0.2) is 0 Å². The Morgan fingerprint density at radius 3 is 2.26 bits per heavy atom. The molecule has 140 valence electrons. The van der Waals surface area contributed by atoms with Gasteiger partial charge >= 0.3 is 0 Å². The number of rotatable bonds is 5. The first-order chi connectivity index (χ1) is 13.0. The van der Waals surface area contributed by atoms with Gasteiger partial charge in [-0.3, -0.25) is 0 Å². The standard InChI is InChI=1S/C22H23ClN2O2/c1-5-6-18-20(21(25-27-18)16-7-9-17(23)10-8-16)22(24-26)19-14(3)11-13(2)12-15(19)4/h7-12,26H,5-6H2,1-4H3/b24-22-. The molecule has 27 heavy (non-hydrogen) atoms. The van der Waals surface area contributed by atoms with Crippen molar-refractivity contribution in [2.24, 2.45) is 5.16 Å². The molecule has 0 spiro atoms. The van der Waals surface area contributed by atoms with Crippen molar-refractivity contribution in [2.45, 2.75) is 40.5 Å². The number of oxime groups is 1. The highest BCUT2D eigenvalue weighted by atomic mass is 35.5. The van der Waals surface area contributed by atoms with Crippen molar-refractivity contribution in [1.82, 2.24) is 5.16 Å². The molecule has 0 aliphatic carbocycles. The fourth-order valence-electron chi connectivity index (χ4n) is 3.55. The Bertz CT molecular complexity index is 965. The fourth-order valence-corrected chi connectivity index (χ4v) is 3.68. The Hall–Kier alpha value is -2.59. The normalized spacial score (nSPS) is 11.8. The minimum Gasteiger partial charge on any atom is -0.410 e. The monoisotopic (exact) mass is 382 g/mol. The van der Waals surface area contributed by atoms with Crippen LogP contribution in [0.5, 0.6) is 0 Å². The minimum absolute atomic E-state index is 0.486. The Morgan fingerprint density at radius 1 is 1.07 bits per heavy atom. The maximum absolute atomic E-state index is 9.97. The van der Waals surface area contributed by atoms with Crippen molar-refractivity contribution in [1.29, 1.82) is 0 Å². The molecule has 0 saturated heterocycles. The Balaban J connectivity index is 2.25. The van der Waals surface area contributed by atoms with Gasteiger partial charge in [-0.2, -0.15) is 0 Å². The molecule has 2 aromatic carbocycles. The molecular weight excluding hydrogens is 360 g/mol. The van der Waals surface area contributed by atoms with Crippen LogP contribution in [-0.4, -0.2) is 16.1 Å². The number of hydrogen-bond acceptors (Lipinski definition) is 4. The summed E-state index contributed by atoms with van der Waals surface area (Å²) >= 11 is 6.03. The lowest BCUT2D eigenvalue weighted by Crippen LogP contribution is -2.11. The second-order valence-electron chi connectivity index (χ2n) is 6.81. The average molecular weight is 383 g/mol. The number of aromatic nitrogens is 1. The van der Waals surface area contributed by atoms with Crippen LogP contribution < -0.4 is 0 Å². The number of nitrogens with zero attached hydrogens (tertiary/aromatic N) is 2.